The second kappa shape index (κ2) is 10.4. The van der Waals surface area contributed by atoms with Crippen molar-refractivity contribution in [2.24, 2.45) is 0 Å². The summed E-state index contributed by atoms with van der Waals surface area (Å²) in [5.41, 5.74) is 2.13. The Labute approximate surface area is 195 Å². The molecule has 0 heterocycles. The molecule has 0 aliphatic carbocycles. The van der Waals surface area contributed by atoms with Crippen LogP contribution < -0.4 is 33.2 Å². The summed E-state index contributed by atoms with van der Waals surface area (Å²) in [5, 5.41) is 7.62. The summed E-state index contributed by atoms with van der Waals surface area (Å²) in [6.07, 6.45) is 2.46. The molecule has 9 heteroatoms. The number of benzene rings is 2. The third-order valence-electron chi connectivity index (χ3n) is 4.21. The predicted molar refractivity (Wildman–Crippen MR) is 115 cm³/mol. The molecule has 0 aliphatic heterocycles. The van der Waals surface area contributed by atoms with E-state index in [2.05, 4.69) is 10.6 Å². The highest BCUT2D eigenvalue weighted by atomic mass is 127. The molecule has 161 valence electrons. The molecule has 2 rings (SSSR count). The van der Waals surface area contributed by atoms with Gasteiger partial charge in [0.25, 0.3) is 5.91 Å². The lowest BCUT2D eigenvalue weighted by Crippen LogP contribution is -3.38. The summed E-state index contributed by atoms with van der Waals surface area (Å²) in [6.45, 7) is 3.59. The van der Waals surface area contributed by atoms with Gasteiger partial charge >= 0.3 is 0 Å². The van der Waals surface area contributed by atoms with E-state index in [4.69, 9.17) is 11.6 Å². The number of sulfone groups is 1. The van der Waals surface area contributed by atoms with Crippen molar-refractivity contribution in [1.29, 1.82) is 0 Å². The van der Waals surface area contributed by atoms with E-state index in [1.54, 1.807) is 47.7 Å². The van der Waals surface area contributed by atoms with Crippen molar-refractivity contribution in [2.75, 3.05) is 11.6 Å². The van der Waals surface area contributed by atoms with E-state index in [1.165, 1.54) is 12.1 Å². The smallest absolute Gasteiger partial charge is 0.251 e. The first-order valence-electron chi connectivity index (χ1n) is 9.02. The van der Waals surface area contributed by atoms with E-state index in [-0.39, 0.29) is 9.83 Å². The van der Waals surface area contributed by atoms with E-state index in [0.717, 1.165) is 17.2 Å². The van der Waals surface area contributed by atoms with E-state index in [9.17, 15) is 18.0 Å². The van der Waals surface area contributed by atoms with Crippen LogP contribution in [0.3, 0.4) is 0 Å². The van der Waals surface area contributed by atoms with E-state index in [0.29, 0.717) is 21.8 Å². The van der Waals surface area contributed by atoms with Crippen molar-refractivity contribution in [2.45, 2.75) is 25.9 Å². The molecular weight excluding hydrogens is 539 g/mol. The van der Waals surface area contributed by atoms with Gasteiger partial charge in [-0.2, -0.15) is 0 Å². The van der Waals surface area contributed by atoms with E-state index < -0.39 is 21.8 Å². The van der Waals surface area contributed by atoms with Gasteiger partial charge in [0.15, 0.2) is 9.84 Å². The van der Waals surface area contributed by atoms with Crippen molar-refractivity contribution in [3.8, 4) is 0 Å². The number of nitrogens with one attached hydrogen (secondary N) is 2. The number of anilines is 1. The van der Waals surface area contributed by atoms with Crippen LogP contribution in [0, 0.1) is 0 Å². The first-order valence-corrected chi connectivity index (χ1v) is 12.4. The van der Waals surface area contributed by atoms with Crippen LogP contribution in [0.4, 0.5) is 5.69 Å². The summed E-state index contributed by atoms with van der Waals surface area (Å²) < 4.78 is 22.2. The van der Waals surface area contributed by atoms with Gasteiger partial charge in [0.2, 0.25) is 0 Å². The summed E-state index contributed by atoms with van der Waals surface area (Å²) in [5.74, 6) is -0.412. The van der Waals surface area contributed by atoms with Gasteiger partial charge in [0.1, 0.15) is 0 Å². The summed E-state index contributed by atoms with van der Waals surface area (Å²) in [6, 6.07) is 11.6. The van der Waals surface area contributed by atoms with Crippen molar-refractivity contribution in [1.82, 2.24) is 5.32 Å². The number of hydrogen-bond donors (Lipinski definition) is 2. The number of carbonyl (C=O) groups excluding carboxylic acids is 2. The maximum atomic E-state index is 12.5. The van der Waals surface area contributed by atoms with Crippen LogP contribution in [-0.4, -0.2) is 30.4 Å². The quantitative estimate of drug-likeness (QED) is 0.370. The van der Waals surface area contributed by atoms with Crippen LogP contribution in [-0.2, 0) is 9.84 Å². The van der Waals surface area contributed by atoms with Crippen LogP contribution in [0.2, 0.25) is 5.02 Å². The highest BCUT2D eigenvalue weighted by molar-refractivity contribution is 7.93. The molecule has 0 bridgehead atoms. The fourth-order valence-electron chi connectivity index (χ4n) is 2.71. The van der Waals surface area contributed by atoms with Gasteiger partial charge in [-0.15, -0.1) is 0 Å². The normalized spacial score (nSPS) is 13.6. The first kappa shape index (κ1) is 24.4. The fourth-order valence-corrected chi connectivity index (χ4v) is 3.98. The Kier molecular flexibility index (Phi) is 8.45. The zero-order valence-electron chi connectivity index (χ0n) is 16.6. The highest BCUT2D eigenvalue weighted by Gasteiger charge is 2.15. The van der Waals surface area contributed by atoms with Crippen LogP contribution >= 0.6 is 11.6 Å². The number of halogens is 2. The number of carbonyl (C=O) groups is 2. The molecule has 0 fully saturated rings. The summed E-state index contributed by atoms with van der Waals surface area (Å²) in [7, 11) is -3.28. The average molecular weight is 561 g/mol. The topological polar surface area (TPSA) is 92.3 Å². The first-order chi connectivity index (χ1) is 14.0. The van der Waals surface area contributed by atoms with E-state index >= 15 is 0 Å². The second-order valence-corrected chi connectivity index (χ2v) is 10.2. The minimum absolute atomic E-state index is 0.158. The largest absolute Gasteiger partial charge is 0.710 e. The van der Waals surface area contributed by atoms with Crippen LogP contribution in [0.15, 0.2) is 53.9 Å². The van der Waals surface area contributed by atoms with E-state index in [1.807, 2.05) is 25.1 Å². The van der Waals surface area contributed by atoms with Gasteiger partial charge in [-0.3, -0.25) is 4.79 Å². The summed E-state index contributed by atoms with van der Waals surface area (Å²) >= 11 is 7.93. The molecule has 2 aromatic carbocycles. The molecule has 0 aliphatic rings. The Hall–Kier alpha value is -1.91. The lowest BCUT2D eigenvalue weighted by molar-refractivity contribution is -0.254. The third kappa shape index (κ3) is 7.10. The van der Waals surface area contributed by atoms with Gasteiger partial charge in [-0.05, 0) is 43.7 Å². The average Bonchev–Trinajstić information content (AvgIpc) is 2.66. The number of hydrogen-bond acceptors (Lipinski definition) is 5. The Balaban J connectivity index is 2.22. The molecule has 6 nitrogen and oxygen atoms in total. The molecule has 1 radical (unpaired) electrons. The molecule has 0 saturated carbocycles. The number of rotatable bonds is 8. The Morgan fingerprint density at radius 3 is 2.40 bits per heavy atom. The predicted octanol–water partition coefficient (Wildman–Crippen LogP) is 0.883. The minimum atomic E-state index is -3.28. The zero-order chi connectivity index (χ0) is 22.5. The Morgan fingerprint density at radius 1 is 1.13 bits per heavy atom. The molecule has 0 saturated heterocycles. The maximum Gasteiger partial charge on any atom is 0.251 e. The van der Waals surface area contributed by atoms with Crippen molar-refractivity contribution in [3.63, 3.8) is 0 Å². The fraction of sp³-hybridized carbons (Fsp3) is 0.238. The number of amides is 1. The van der Waals surface area contributed by atoms with Crippen LogP contribution in [0.1, 0.15) is 46.2 Å². The van der Waals surface area contributed by atoms with Gasteiger partial charge in [-0.25, -0.2) is 8.42 Å². The lowest BCUT2D eigenvalue weighted by Gasteiger charge is -2.21. The van der Waals surface area contributed by atoms with Gasteiger partial charge < -0.3 is 38.0 Å². The van der Waals surface area contributed by atoms with Crippen molar-refractivity contribution in [3.05, 3.63) is 75.7 Å². The highest BCUT2D eigenvalue weighted by Crippen LogP contribution is 2.27. The molecule has 30 heavy (non-hydrogen) atoms. The Bertz CT molecular complexity index is 1090. The molecule has 2 aromatic rings. The molecule has 0 unspecified atom stereocenters. The van der Waals surface area contributed by atoms with Gasteiger partial charge in [0.05, 0.1) is 6.04 Å². The van der Waals surface area contributed by atoms with Crippen molar-refractivity contribution < 1.29 is 40.6 Å². The van der Waals surface area contributed by atoms with Gasteiger partial charge in [-0.1, -0.05) is 35.9 Å². The minimum Gasteiger partial charge on any atom is -0.710 e. The SMILES string of the molecule is C[C@H](/C=C/S(C)(=O)=O)NC(=O)c1ccc(N[C@@H](C)c2ccccc2Cl)c(C(=O)[I-])c1. The maximum absolute atomic E-state index is 12.5. The summed E-state index contributed by atoms with van der Waals surface area (Å²) in [4.78, 5) is 24.7. The molecule has 2 N–H and O–H groups in total. The lowest BCUT2D eigenvalue weighted by atomic mass is 10.0. The molecule has 0 aromatic heterocycles. The Morgan fingerprint density at radius 2 is 1.80 bits per heavy atom. The van der Waals surface area contributed by atoms with Crippen LogP contribution in [0.25, 0.3) is 0 Å². The molecule has 0 spiro atoms. The second-order valence-electron chi connectivity index (χ2n) is 6.84. The molecule has 2 atom stereocenters. The zero-order valence-corrected chi connectivity index (χ0v) is 20.4. The van der Waals surface area contributed by atoms with Crippen LogP contribution in [0.5, 0.6) is 0 Å². The third-order valence-corrected chi connectivity index (χ3v) is 5.79. The monoisotopic (exact) mass is 560 g/mol. The van der Waals surface area contributed by atoms with Gasteiger partial charge in [0, 0.05) is 43.3 Å². The molecular formula is C21H22ClIN2O4S-. The standard InChI is InChI=1S/C21H22ClIN2O4S/c1-13(10-11-30(3,28)29)24-21(27)15-8-9-19(17(12-15)20(23)26)25-14(2)16-6-4-5-7-18(16)22/h4-14,25H,1-3H3,(H,24,27)/q-1/b11-10+/t13-,14+/m1/s1. The van der Waals surface area contributed by atoms with Crippen molar-refractivity contribution >= 4 is 36.8 Å². The molecule has 1 amide bonds.